The van der Waals surface area contributed by atoms with Crippen molar-refractivity contribution in [2.45, 2.75) is 18.9 Å². The number of benzene rings is 1. The molecule has 0 aliphatic heterocycles. The molecule has 0 spiro atoms. The lowest BCUT2D eigenvalue weighted by atomic mass is 10.1. The molecule has 84 valence electrons. The average Bonchev–Trinajstić information content (AvgIpc) is 2.72. The second-order valence-corrected chi connectivity index (χ2v) is 4.28. The molecule has 0 aromatic heterocycles. The van der Waals surface area contributed by atoms with Crippen LogP contribution in [-0.2, 0) is 6.42 Å². The zero-order valence-electron chi connectivity index (χ0n) is 9.73. The highest BCUT2D eigenvalue weighted by molar-refractivity contribution is 5.34. The SMILES string of the molecule is C=CCN(CC=C)[C@@H]1CCc2ccccc21. The molecule has 1 nitrogen and oxygen atoms in total. The van der Waals surface area contributed by atoms with Gasteiger partial charge in [0, 0.05) is 19.1 Å². The van der Waals surface area contributed by atoms with Crippen LogP contribution in [0.1, 0.15) is 23.6 Å². The number of hydrogen-bond acceptors (Lipinski definition) is 1. The fourth-order valence-electron chi connectivity index (χ4n) is 2.57. The maximum atomic E-state index is 3.83. The molecule has 1 aromatic carbocycles. The van der Waals surface area contributed by atoms with Gasteiger partial charge in [0.1, 0.15) is 0 Å². The van der Waals surface area contributed by atoms with Gasteiger partial charge in [0.2, 0.25) is 0 Å². The van der Waals surface area contributed by atoms with Gasteiger partial charge in [-0.2, -0.15) is 0 Å². The fourth-order valence-corrected chi connectivity index (χ4v) is 2.57. The van der Waals surface area contributed by atoms with Crippen LogP contribution >= 0.6 is 0 Å². The maximum Gasteiger partial charge on any atom is 0.0360 e. The minimum Gasteiger partial charge on any atom is -0.289 e. The molecule has 16 heavy (non-hydrogen) atoms. The molecule has 0 amide bonds. The molecular weight excluding hydrogens is 194 g/mol. The number of fused-ring (bicyclic) bond motifs is 1. The van der Waals surface area contributed by atoms with E-state index >= 15 is 0 Å². The summed E-state index contributed by atoms with van der Waals surface area (Å²) in [6.07, 6.45) is 6.38. The summed E-state index contributed by atoms with van der Waals surface area (Å²) in [5.74, 6) is 0. The summed E-state index contributed by atoms with van der Waals surface area (Å²) in [5.41, 5.74) is 3.00. The van der Waals surface area contributed by atoms with Crippen LogP contribution in [0.2, 0.25) is 0 Å². The molecule has 1 heteroatoms. The van der Waals surface area contributed by atoms with Crippen molar-refractivity contribution in [2.24, 2.45) is 0 Å². The number of aryl methyl sites for hydroxylation is 1. The van der Waals surface area contributed by atoms with Crippen molar-refractivity contribution >= 4 is 0 Å². The predicted octanol–water partition coefficient (Wildman–Crippen LogP) is 3.35. The van der Waals surface area contributed by atoms with E-state index in [1.807, 2.05) is 12.2 Å². The van der Waals surface area contributed by atoms with Crippen LogP contribution in [0.25, 0.3) is 0 Å². The molecule has 1 aliphatic rings. The molecule has 0 N–H and O–H groups in total. The Hall–Kier alpha value is -1.34. The Morgan fingerprint density at radius 1 is 1.19 bits per heavy atom. The van der Waals surface area contributed by atoms with Crippen molar-refractivity contribution < 1.29 is 0 Å². The number of hydrogen-bond donors (Lipinski definition) is 0. The Kier molecular flexibility index (Phi) is 3.58. The lowest BCUT2D eigenvalue weighted by molar-refractivity contribution is 0.242. The first kappa shape index (κ1) is 11.2. The minimum atomic E-state index is 0.548. The summed E-state index contributed by atoms with van der Waals surface area (Å²) in [7, 11) is 0. The molecule has 1 atom stereocenters. The fraction of sp³-hybridized carbons (Fsp3) is 0.333. The number of rotatable bonds is 5. The van der Waals surface area contributed by atoms with Gasteiger partial charge in [0.15, 0.2) is 0 Å². The van der Waals surface area contributed by atoms with Crippen molar-refractivity contribution in [1.82, 2.24) is 4.90 Å². The molecule has 0 saturated carbocycles. The molecule has 1 aromatic rings. The van der Waals surface area contributed by atoms with E-state index in [0.29, 0.717) is 6.04 Å². The second kappa shape index (κ2) is 5.13. The van der Waals surface area contributed by atoms with Gasteiger partial charge in [-0.25, -0.2) is 0 Å². The molecular formula is C15H19N. The molecule has 0 radical (unpaired) electrons. The maximum absolute atomic E-state index is 3.83. The molecule has 2 rings (SSSR count). The van der Waals surface area contributed by atoms with E-state index in [1.54, 1.807) is 0 Å². The first-order valence-corrected chi connectivity index (χ1v) is 5.90. The molecule has 0 bridgehead atoms. The van der Waals surface area contributed by atoms with Crippen LogP contribution in [0.4, 0.5) is 0 Å². The van der Waals surface area contributed by atoms with Crippen LogP contribution in [-0.4, -0.2) is 18.0 Å². The van der Waals surface area contributed by atoms with Crippen LogP contribution < -0.4 is 0 Å². The summed E-state index contributed by atoms with van der Waals surface area (Å²) >= 11 is 0. The molecule has 0 saturated heterocycles. The second-order valence-electron chi connectivity index (χ2n) is 4.28. The minimum absolute atomic E-state index is 0.548. The molecule has 1 aliphatic carbocycles. The predicted molar refractivity (Wildman–Crippen MR) is 69.5 cm³/mol. The van der Waals surface area contributed by atoms with Crippen LogP contribution in [0.15, 0.2) is 49.6 Å². The third-order valence-electron chi connectivity index (χ3n) is 3.27. The smallest absolute Gasteiger partial charge is 0.0360 e. The summed E-state index contributed by atoms with van der Waals surface area (Å²) in [4.78, 5) is 2.44. The van der Waals surface area contributed by atoms with Gasteiger partial charge in [-0.1, -0.05) is 36.4 Å². The molecule has 0 fully saturated rings. The number of nitrogens with zero attached hydrogens (tertiary/aromatic N) is 1. The Bertz CT molecular complexity index is 371. The first-order valence-electron chi connectivity index (χ1n) is 5.90. The third kappa shape index (κ3) is 2.10. The van der Waals surface area contributed by atoms with E-state index in [0.717, 1.165) is 13.1 Å². The summed E-state index contributed by atoms with van der Waals surface area (Å²) in [5, 5.41) is 0. The van der Waals surface area contributed by atoms with Crippen molar-refractivity contribution in [3.8, 4) is 0 Å². The Morgan fingerprint density at radius 3 is 2.56 bits per heavy atom. The van der Waals surface area contributed by atoms with Crippen molar-refractivity contribution in [1.29, 1.82) is 0 Å². The van der Waals surface area contributed by atoms with E-state index in [1.165, 1.54) is 24.0 Å². The Balaban J connectivity index is 2.21. The highest BCUT2D eigenvalue weighted by Gasteiger charge is 2.25. The zero-order chi connectivity index (χ0) is 11.4. The normalized spacial score (nSPS) is 18.4. The highest BCUT2D eigenvalue weighted by atomic mass is 15.1. The van der Waals surface area contributed by atoms with Gasteiger partial charge < -0.3 is 0 Å². The molecule has 0 heterocycles. The van der Waals surface area contributed by atoms with E-state index in [-0.39, 0.29) is 0 Å². The van der Waals surface area contributed by atoms with Gasteiger partial charge in [-0.15, -0.1) is 13.2 Å². The Morgan fingerprint density at radius 2 is 1.88 bits per heavy atom. The van der Waals surface area contributed by atoms with E-state index in [4.69, 9.17) is 0 Å². The van der Waals surface area contributed by atoms with Gasteiger partial charge in [0.05, 0.1) is 0 Å². The van der Waals surface area contributed by atoms with Gasteiger partial charge in [0.25, 0.3) is 0 Å². The van der Waals surface area contributed by atoms with E-state index in [9.17, 15) is 0 Å². The Labute approximate surface area is 98.1 Å². The zero-order valence-corrected chi connectivity index (χ0v) is 9.73. The van der Waals surface area contributed by atoms with Gasteiger partial charge in [-0.3, -0.25) is 4.90 Å². The van der Waals surface area contributed by atoms with Crippen molar-refractivity contribution in [3.63, 3.8) is 0 Å². The molecule has 0 unspecified atom stereocenters. The highest BCUT2D eigenvalue weighted by Crippen LogP contribution is 2.35. The first-order chi connectivity index (χ1) is 7.86. The summed E-state index contributed by atoms with van der Waals surface area (Å²) < 4.78 is 0. The van der Waals surface area contributed by atoms with Crippen molar-refractivity contribution in [2.75, 3.05) is 13.1 Å². The van der Waals surface area contributed by atoms with Gasteiger partial charge >= 0.3 is 0 Å². The quantitative estimate of drug-likeness (QED) is 0.678. The largest absolute Gasteiger partial charge is 0.289 e. The monoisotopic (exact) mass is 213 g/mol. The standard InChI is InChI=1S/C15H19N/c1-3-11-16(12-4-2)15-10-9-13-7-5-6-8-14(13)15/h3-8,15H,1-2,9-12H2/t15-/m1/s1. The summed E-state index contributed by atoms with van der Waals surface area (Å²) in [6.45, 7) is 9.54. The third-order valence-corrected chi connectivity index (χ3v) is 3.27. The average molecular weight is 213 g/mol. The lowest BCUT2D eigenvalue weighted by Crippen LogP contribution is -2.27. The van der Waals surface area contributed by atoms with E-state index in [2.05, 4.69) is 42.3 Å². The van der Waals surface area contributed by atoms with Gasteiger partial charge in [-0.05, 0) is 24.0 Å². The van der Waals surface area contributed by atoms with Crippen LogP contribution in [0, 0.1) is 0 Å². The topological polar surface area (TPSA) is 3.24 Å². The summed E-state index contributed by atoms with van der Waals surface area (Å²) in [6, 6.07) is 9.32. The van der Waals surface area contributed by atoms with Crippen LogP contribution in [0.5, 0.6) is 0 Å². The van der Waals surface area contributed by atoms with E-state index < -0.39 is 0 Å². The van der Waals surface area contributed by atoms with Crippen molar-refractivity contribution in [3.05, 3.63) is 60.7 Å². The van der Waals surface area contributed by atoms with Crippen LogP contribution in [0.3, 0.4) is 0 Å². The lowest BCUT2D eigenvalue weighted by Gasteiger charge is -2.27.